The van der Waals surface area contributed by atoms with Crippen molar-refractivity contribution in [1.29, 1.82) is 0 Å². The summed E-state index contributed by atoms with van der Waals surface area (Å²) in [5.74, 6) is 5.55. The highest BCUT2D eigenvalue weighted by atomic mass is 32.1. The number of hydrazine groups is 1. The van der Waals surface area contributed by atoms with Gasteiger partial charge in [0.2, 0.25) is 0 Å². The van der Waals surface area contributed by atoms with Crippen molar-refractivity contribution in [2.45, 2.75) is 18.9 Å². The summed E-state index contributed by atoms with van der Waals surface area (Å²) < 4.78 is 5.07. The fourth-order valence-electron chi connectivity index (χ4n) is 1.86. The Kier molecular flexibility index (Phi) is 5.47. The molecule has 1 unspecified atom stereocenters. The minimum absolute atomic E-state index is 0.203. The number of methoxy groups -OCH3 is 1. The number of nitrogens with one attached hydrogen (secondary N) is 1. The van der Waals surface area contributed by atoms with Crippen molar-refractivity contribution in [3.05, 3.63) is 40.7 Å². The molecule has 2 aromatic rings. The molecule has 5 heteroatoms. The molecule has 0 aliphatic heterocycles. The Morgan fingerprint density at radius 1 is 1.37 bits per heavy atom. The van der Waals surface area contributed by atoms with Crippen LogP contribution in [0.4, 0.5) is 0 Å². The monoisotopic (exact) mass is 277 g/mol. The van der Waals surface area contributed by atoms with Gasteiger partial charge in [0.15, 0.2) is 0 Å². The van der Waals surface area contributed by atoms with E-state index in [0.29, 0.717) is 6.61 Å². The molecule has 0 fully saturated rings. The Morgan fingerprint density at radius 3 is 2.84 bits per heavy atom. The summed E-state index contributed by atoms with van der Waals surface area (Å²) in [6.07, 6.45) is 1.71. The van der Waals surface area contributed by atoms with Crippen molar-refractivity contribution in [1.82, 2.24) is 10.4 Å². The fraction of sp³-hybridized carbons (Fsp3) is 0.357. The maximum Gasteiger partial charge on any atom is 0.0948 e. The normalized spacial score (nSPS) is 12.5. The summed E-state index contributed by atoms with van der Waals surface area (Å²) >= 11 is 1.67. The first kappa shape index (κ1) is 14.1. The van der Waals surface area contributed by atoms with Crippen LogP contribution in [0.3, 0.4) is 0 Å². The van der Waals surface area contributed by atoms with Crippen molar-refractivity contribution < 1.29 is 4.74 Å². The first-order valence-corrected chi connectivity index (χ1v) is 7.16. The van der Waals surface area contributed by atoms with E-state index in [1.165, 1.54) is 0 Å². The number of aromatic nitrogens is 1. The SMILES string of the molecule is COCCC(Cc1nc(-c2ccccc2)cs1)NN. The summed E-state index contributed by atoms with van der Waals surface area (Å²) in [7, 11) is 1.70. The minimum Gasteiger partial charge on any atom is -0.385 e. The number of benzene rings is 1. The van der Waals surface area contributed by atoms with Gasteiger partial charge < -0.3 is 4.74 Å². The van der Waals surface area contributed by atoms with Gasteiger partial charge in [-0.2, -0.15) is 0 Å². The Bertz CT molecular complexity index is 486. The van der Waals surface area contributed by atoms with E-state index in [1.54, 1.807) is 18.4 Å². The summed E-state index contributed by atoms with van der Waals surface area (Å²) in [5.41, 5.74) is 5.00. The maximum atomic E-state index is 5.55. The Balaban J connectivity index is 2.01. The van der Waals surface area contributed by atoms with E-state index in [0.717, 1.165) is 29.1 Å². The number of nitrogens with zero attached hydrogens (tertiary/aromatic N) is 1. The van der Waals surface area contributed by atoms with Crippen LogP contribution < -0.4 is 11.3 Å². The van der Waals surface area contributed by atoms with Crippen molar-refractivity contribution in [3.8, 4) is 11.3 Å². The smallest absolute Gasteiger partial charge is 0.0948 e. The number of rotatable bonds is 7. The summed E-state index contributed by atoms with van der Waals surface area (Å²) in [5, 5.41) is 3.19. The highest BCUT2D eigenvalue weighted by molar-refractivity contribution is 7.09. The molecule has 102 valence electrons. The molecule has 0 spiro atoms. The molecule has 0 radical (unpaired) electrons. The number of hydrogen-bond acceptors (Lipinski definition) is 5. The summed E-state index contributed by atoms with van der Waals surface area (Å²) in [6, 6.07) is 10.4. The van der Waals surface area contributed by atoms with E-state index >= 15 is 0 Å². The van der Waals surface area contributed by atoms with E-state index in [-0.39, 0.29) is 6.04 Å². The second-order valence-corrected chi connectivity index (χ2v) is 5.28. The third kappa shape index (κ3) is 4.11. The number of nitrogens with two attached hydrogens (primary N) is 1. The molecule has 1 aromatic heterocycles. The molecule has 0 saturated heterocycles. The van der Waals surface area contributed by atoms with E-state index in [9.17, 15) is 0 Å². The van der Waals surface area contributed by atoms with E-state index in [1.807, 2.05) is 18.2 Å². The zero-order chi connectivity index (χ0) is 13.5. The topological polar surface area (TPSA) is 60.2 Å². The van der Waals surface area contributed by atoms with Gasteiger partial charge in [0.25, 0.3) is 0 Å². The molecule has 0 saturated carbocycles. The van der Waals surface area contributed by atoms with Gasteiger partial charge in [-0.05, 0) is 6.42 Å². The molecule has 1 aromatic carbocycles. The van der Waals surface area contributed by atoms with Gasteiger partial charge in [0.1, 0.15) is 0 Å². The highest BCUT2D eigenvalue weighted by Gasteiger charge is 2.11. The zero-order valence-corrected chi connectivity index (χ0v) is 11.8. The van der Waals surface area contributed by atoms with Crippen molar-refractivity contribution >= 4 is 11.3 Å². The van der Waals surface area contributed by atoms with Crippen LogP contribution in [-0.2, 0) is 11.2 Å². The molecular formula is C14H19N3OS. The first-order chi connectivity index (χ1) is 9.33. The van der Waals surface area contributed by atoms with Crippen LogP contribution in [-0.4, -0.2) is 24.7 Å². The quantitative estimate of drug-likeness (QED) is 0.602. The maximum absolute atomic E-state index is 5.55. The lowest BCUT2D eigenvalue weighted by Gasteiger charge is -2.13. The average molecular weight is 277 g/mol. The minimum atomic E-state index is 0.203. The zero-order valence-electron chi connectivity index (χ0n) is 11.0. The second kappa shape index (κ2) is 7.35. The Labute approximate surface area is 117 Å². The largest absolute Gasteiger partial charge is 0.385 e. The summed E-state index contributed by atoms with van der Waals surface area (Å²) in [4.78, 5) is 4.66. The van der Waals surface area contributed by atoms with Crippen LogP contribution >= 0.6 is 11.3 Å². The lowest BCUT2D eigenvalue weighted by Crippen LogP contribution is -2.37. The Morgan fingerprint density at radius 2 is 2.16 bits per heavy atom. The third-order valence-electron chi connectivity index (χ3n) is 2.95. The number of hydrogen-bond donors (Lipinski definition) is 2. The van der Waals surface area contributed by atoms with E-state index in [2.05, 4.69) is 27.9 Å². The highest BCUT2D eigenvalue weighted by Crippen LogP contribution is 2.22. The molecule has 1 heterocycles. The molecular weight excluding hydrogens is 258 g/mol. The molecule has 4 nitrogen and oxygen atoms in total. The van der Waals surface area contributed by atoms with Gasteiger partial charge in [-0.25, -0.2) is 4.98 Å². The van der Waals surface area contributed by atoms with Crippen LogP contribution in [0.5, 0.6) is 0 Å². The van der Waals surface area contributed by atoms with Crippen LogP contribution in [0.2, 0.25) is 0 Å². The lowest BCUT2D eigenvalue weighted by atomic mass is 10.1. The molecule has 19 heavy (non-hydrogen) atoms. The molecule has 0 bridgehead atoms. The van der Waals surface area contributed by atoms with Crippen LogP contribution in [0.15, 0.2) is 35.7 Å². The predicted molar refractivity (Wildman–Crippen MR) is 78.9 cm³/mol. The van der Waals surface area contributed by atoms with Gasteiger partial charge >= 0.3 is 0 Å². The third-order valence-corrected chi connectivity index (χ3v) is 3.82. The van der Waals surface area contributed by atoms with Gasteiger partial charge in [-0.15, -0.1) is 11.3 Å². The number of thiazole rings is 1. The first-order valence-electron chi connectivity index (χ1n) is 6.28. The lowest BCUT2D eigenvalue weighted by molar-refractivity contribution is 0.182. The standard InChI is InChI=1S/C14H19N3OS/c1-18-8-7-12(17-15)9-14-16-13(10-19-14)11-5-3-2-4-6-11/h2-6,10,12,17H,7-9,15H2,1H3. The van der Waals surface area contributed by atoms with Crippen LogP contribution in [0.25, 0.3) is 11.3 Å². The van der Waals surface area contributed by atoms with Crippen molar-refractivity contribution in [2.24, 2.45) is 5.84 Å². The fourth-order valence-corrected chi connectivity index (χ4v) is 2.75. The van der Waals surface area contributed by atoms with Crippen LogP contribution in [0.1, 0.15) is 11.4 Å². The van der Waals surface area contributed by atoms with Gasteiger partial charge in [-0.3, -0.25) is 11.3 Å². The van der Waals surface area contributed by atoms with Gasteiger partial charge in [0.05, 0.1) is 10.7 Å². The van der Waals surface area contributed by atoms with Crippen LogP contribution in [0, 0.1) is 0 Å². The molecule has 3 N–H and O–H groups in total. The molecule has 2 rings (SSSR count). The molecule has 0 aliphatic rings. The van der Waals surface area contributed by atoms with Crippen molar-refractivity contribution in [3.63, 3.8) is 0 Å². The van der Waals surface area contributed by atoms with Gasteiger partial charge in [-0.1, -0.05) is 30.3 Å². The Hall–Kier alpha value is -1.27. The van der Waals surface area contributed by atoms with E-state index < -0.39 is 0 Å². The summed E-state index contributed by atoms with van der Waals surface area (Å²) in [6.45, 7) is 0.700. The molecule has 0 aliphatic carbocycles. The van der Waals surface area contributed by atoms with Gasteiger partial charge in [0, 0.05) is 37.1 Å². The second-order valence-electron chi connectivity index (χ2n) is 4.34. The number of ether oxygens (including phenoxy) is 1. The molecule has 0 amide bonds. The molecule has 1 atom stereocenters. The van der Waals surface area contributed by atoms with Crippen molar-refractivity contribution in [2.75, 3.05) is 13.7 Å². The van der Waals surface area contributed by atoms with E-state index in [4.69, 9.17) is 10.6 Å². The predicted octanol–water partition coefficient (Wildman–Crippen LogP) is 2.22. The average Bonchev–Trinajstić information content (AvgIpc) is 2.93.